The molecule has 0 saturated heterocycles. The van der Waals surface area contributed by atoms with Gasteiger partial charge in [0.15, 0.2) is 11.6 Å². The minimum Gasteiger partial charge on any atom is -0.463 e. The maximum absolute atomic E-state index is 10.5. The molecule has 0 saturated carbocycles. The fraction of sp³-hybridized carbons (Fsp3) is 0.400. The van der Waals surface area contributed by atoms with E-state index >= 15 is 0 Å². The third-order valence-electron chi connectivity index (χ3n) is 3.24. The van der Waals surface area contributed by atoms with E-state index in [9.17, 15) is 4.91 Å². The maximum atomic E-state index is 10.5. The number of rotatable bonds is 9. The number of anilines is 3. The second-order valence-corrected chi connectivity index (χ2v) is 5.18. The number of nitrogens with two attached hydrogens (primary N) is 1. The zero-order chi connectivity index (χ0) is 17.4. The smallest absolute Gasteiger partial charge is 0.320 e. The van der Waals surface area contributed by atoms with Crippen LogP contribution in [-0.2, 0) is 6.54 Å². The highest BCUT2D eigenvalue weighted by molar-refractivity contribution is 5.75. The van der Waals surface area contributed by atoms with E-state index in [-0.39, 0.29) is 17.5 Å². The summed E-state index contributed by atoms with van der Waals surface area (Å²) in [4.78, 5) is 23.0. The lowest BCUT2D eigenvalue weighted by atomic mass is 10.2. The molecule has 0 aliphatic heterocycles. The molecule has 0 bridgehead atoms. The first-order valence-corrected chi connectivity index (χ1v) is 7.68. The molecule has 0 radical (unpaired) electrons. The van der Waals surface area contributed by atoms with Gasteiger partial charge in [0, 0.05) is 18.4 Å². The fourth-order valence-corrected chi connectivity index (χ4v) is 1.90. The lowest BCUT2D eigenvalue weighted by molar-refractivity contribution is 0.286. The highest BCUT2D eigenvalue weighted by atomic mass is 16.5. The summed E-state index contributed by atoms with van der Waals surface area (Å²) >= 11 is 0. The Hall–Kier alpha value is -2.97. The summed E-state index contributed by atoms with van der Waals surface area (Å²) in [6, 6.07) is 4.02. The molecule has 0 aliphatic rings. The van der Waals surface area contributed by atoms with Gasteiger partial charge in [-0.05, 0) is 25.0 Å². The molecule has 0 fully saturated rings. The summed E-state index contributed by atoms with van der Waals surface area (Å²) in [6.45, 7) is 4.92. The molecule has 4 N–H and O–H groups in total. The number of nitroso groups, excluding NO2 is 1. The highest BCUT2D eigenvalue weighted by Gasteiger charge is 2.13. The molecule has 0 atom stereocenters. The van der Waals surface area contributed by atoms with Gasteiger partial charge in [0.25, 0.3) is 0 Å². The van der Waals surface area contributed by atoms with E-state index in [1.165, 1.54) is 0 Å². The van der Waals surface area contributed by atoms with E-state index in [0.717, 1.165) is 24.1 Å². The minimum absolute atomic E-state index is 0.0839. The Bertz CT molecular complexity index is 676. The van der Waals surface area contributed by atoms with E-state index in [0.29, 0.717) is 19.0 Å². The lowest BCUT2D eigenvalue weighted by Gasteiger charge is -2.13. The molecule has 9 nitrogen and oxygen atoms in total. The van der Waals surface area contributed by atoms with Gasteiger partial charge in [-0.25, -0.2) is 5.43 Å². The average molecular weight is 331 g/mol. The van der Waals surface area contributed by atoms with Gasteiger partial charge in [-0.2, -0.15) is 9.97 Å². The van der Waals surface area contributed by atoms with Crippen LogP contribution in [-0.4, -0.2) is 21.6 Å². The van der Waals surface area contributed by atoms with Gasteiger partial charge >= 0.3 is 6.01 Å². The molecule has 0 aromatic carbocycles. The van der Waals surface area contributed by atoms with E-state index in [1.807, 2.05) is 19.1 Å². The SMILES string of the molecule is CCCCOc1nc(N)c(NN=O)c(NCc2ccc(C)nc2)n1. The van der Waals surface area contributed by atoms with Crippen LogP contribution in [0.5, 0.6) is 6.01 Å². The van der Waals surface area contributed by atoms with Crippen LogP contribution in [0.2, 0.25) is 0 Å². The number of aromatic nitrogens is 3. The minimum atomic E-state index is 0.0839. The van der Waals surface area contributed by atoms with Gasteiger partial charge < -0.3 is 15.8 Å². The van der Waals surface area contributed by atoms with E-state index in [2.05, 4.69) is 37.9 Å². The Balaban J connectivity index is 2.17. The third-order valence-corrected chi connectivity index (χ3v) is 3.24. The third kappa shape index (κ3) is 4.77. The monoisotopic (exact) mass is 331 g/mol. The van der Waals surface area contributed by atoms with Crippen molar-refractivity contribution in [1.82, 2.24) is 15.0 Å². The molecule has 2 rings (SSSR count). The Morgan fingerprint density at radius 1 is 1.33 bits per heavy atom. The summed E-state index contributed by atoms with van der Waals surface area (Å²) in [6.07, 6.45) is 3.64. The Morgan fingerprint density at radius 2 is 2.17 bits per heavy atom. The van der Waals surface area contributed by atoms with Crippen LogP contribution in [0.4, 0.5) is 17.3 Å². The molecular formula is C15H21N7O2. The second-order valence-electron chi connectivity index (χ2n) is 5.18. The van der Waals surface area contributed by atoms with Crippen LogP contribution in [0.25, 0.3) is 0 Å². The summed E-state index contributed by atoms with van der Waals surface area (Å²) in [5.41, 5.74) is 10.2. The van der Waals surface area contributed by atoms with Crippen molar-refractivity contribution in [2.24, 2.45) is 5.29 Å². The number of unbranched alkanes of at least 4 members (excludes halogenated alkanes) is 1. The van der Waals surface area contributed by atoms with Crippen molar-refractivity contribution >= 4 is 17.3 Å². The number of hydrogen-bond acceptors (Lipinski definition) is 8. The van der Waals surface area contributed by atoms with Crippen LogP contribution in [0, 0.1) is 11.8 Å². The molecule has 2 aromatic heterocycles. The summed E-state index contributed by atoms with van der Waals surface area (Å²) < 4.78 is 5.48. The van der Waals surface area contributed by atoms with E-state index in [4.69, 9.17) is 10.5 Å². The molecular weight excluding hydrogens is 310 g/mol. The first kappa shape index (κ1) is 17.4. The quantitative estimate of drug-likeness (QED) is 0.363. The van der Waals surface area contributed by atoms with Gasteiger partial charge in [0.1, 0.15) is 5.69 Å². The lowest BCUT2D eigenvalue weighted by Crippen LogP contribution is -2.11. The van der Waals surface area contributed by atoms with Crippen LogP contribution < -0.4 is 21.2 Å². The molecule has 9 heteroatoms. The van der Waals surface area contributed by atoms with E-state index < -0.39 is 0 Å². The second kappa shape index (κ2) is 8.61. The molecule has 0 spiro atoms. The number of hydrogen-bond donors (Lipinski definition) is 3. The number of ether oxygens (including phenoxy) is 1. The van der Waals surface area contributed by atoms with Crippen molar-refractivity contribution in [3.8, 4) is 6.01 Å². The molecule has 2 aromatic rings. The summed E-state index contributed by atoms with van der Waals surface area (Å²) in [5.74, 6) is 0.426. The van der Waals surface area contributed by atoms with Crippen LogP contribution in [0.1, 0.15) is 31.0 Å². The molecule has 0 unspecified atom stereocenters. The summed E-state index contributed by atoms with van der Waals surface area (Å²) in [5, 5.41) is 5.74. The molecule has 24 heavy (non-hydrogen) atoms. The first-order valence-electron chi connectivity index (χ1n) is 7.68. The van der Waals surface area contributed by atoms with Crippen LogP contribution in [0.3, 0.4) is 0 Å². The van der Waals surface area contributed by atoms with Gasteiger partial charge in [0.05, 0.1) is 11.9 Å². The number of pyridine rings is 1. The number of nitrogens with one attached hydrogen (secondary N) is 2. The zero-order valence-corrected chi connectivity index (χ0v) is 13.7. The van der Waals surface area contributed by atoms with Gasteiger partial charge in [-0.3, -0.25) is 4.98 Å². The Morgan fingerprint density at radius 3 is 2.83 bits per heavy atom. The molecule has 2 heterocycles. The van der Waals surface area contributed by atoms with Crippen molar-refractivity contribution in [2.45, 2.75) is 33.2 Å². The average Bonchev–Trinajstić information content (AvgIpc) is 2.57. The zero-order valence-electron chi connectivity index (χ0n) is 13.7. The maximum Gasteiger partial charge on any atom is 0.320 e. The molecule has 0 aliphatic carbocycles. The predicted octanol–water partition coefficient (Wildman–Crippen LogP) is 2.65. The first-order chi connectivity index (χ1) is 11.6. The fourth-order valence-electron chi connectivity index (χ4n) is 1.90. The number of aryl methyl sites for hydroxylation is 1. The van der Waals surface area contributed by atoms with Crippen molar-refractivity contribution in [1.29, 1.82) is 0 Å². The summed E-state index contributed by atoms with van der Waals surface area (Å²) in [7, 11) is 0. The van der Waals surface area contributed by atoms with E-state index in [1.54, 1.807) is 6.20 Å². The van der Waals surface area contributed by atoms with Gasteiger partial charge in [-0.1, -0.05) is 19.4 Å². The van der Waals surface area contributed by atoms with Crippen LogP contribution in [0.15, 0.2) is 23.6 Å². The number of nitrogen functional groups attached to an aromatic ring is 1. The highest BCUT2D eigenvalue weighted by Crippen LogP contribution is 2.28. The largest absolute Gasteiger partial charge is 0.463 e. The van der Waals surface area contributed by atoms with Crippen molar-refractivity contribution in [3.05, 3.63) is 34.5 Å². The van der Waals surface area contributed by atoms with Crippen molar-refractivity contribution in [3.63, 3.8) is 0 Å². The van der Waals surface area contributed by atoms with Crippen LogP contribution >= 0.6 is 0 Å². The topological polar surface area (TPSA) is 127 Å². The van der Waals surface area contributed by atoms with Crippen molar-refractivity contribution in [2.75, 3.05) is 23.1 Å². The standard InChI is InChI=1S/C15H21N7O2/c1-3-4-7-24-15-19-13(16)12(21-22-23)14(20-15)18-9-11-6-5-10(2)17-8-11/h5-6,8H,3-4,7,9H2,1-2H3,(H,21,23)(H3,16,18,19,20). The normalized spacial score (nSPS) is 10.2. The number of nitrogens with zero attached hydrogens (tertiary/aromatic N) is 4. The molecule has 0 amide bonds. The Labute approximate surface area is 140 Å². The van der Waals surface area contributed by atoms with Gasteiger partial charge in [0.2, 0.25) is 0 Å². The molecule has 128 valence electrons. The predicted molar refractivity (Wildman–Crippen MR) is 92.6 cm³/mol. The van der Waals surface area contributed by atoms with Gasteiger partial charge in [-0.15, -0.1) is 4.91 Å². The Kier molecular flexibility index (Phi) is 6.23. The van der Waals surface area contributed by atoms with Crippen molar-refractivity contribution < 1.29 is 4.74 Å².